The Kier molecular flexibility index (Phi) is 3.47. The van der Waals surface area contributed by atoms with Gasteiger partial charge in [0.2, 0.25) is 0 Å². The smallest absolute Gasteiger partial charge is 0.339 e. The maximum Gasteiger partial charge on any atom is 0.339 e. The molecule has 2 unspecified atom stereocenters. The predicted molar refractivity (Wildman–Crippen MR) is 63.9 cm³/mol. The van der Waals surface area contributed by atoms with Crippen molar-refractivity contribution in [2.45, 2.75) is 17.9 Å². The number of cyclic esters (lactones) is 1. The van der Waals surface area contributed by atoms with Crippen LogP contribution in [0.2, 0.25) is 0 Å². The van der Waals surface area contributed by atoms with E-state index < -0.39 is 22.9 Å². The third-order valence-corrected chi connectivity index (χ3v) is 3.35. The van der Waals surface area contributed by atoms with Gasteiger partial charge in [-0.1, -0.05) is 34.1 Å². The van der Waals surface area contributed by atoms with Gasteiger partial charge in [0, 0.05) is 5.56 Å². The average Bonchev–Trinajstić information content (AvgIpc) is 2.67. The van der Waals surface area contributed by atoms with Crippen LogP contribution in [0, 0.1) is 0 Å². The first-order valence-electron chi connectivity index (χ1n) is 5.25. The van der Waals surface area contributed by atoms with Crippen molar-refractivity contribution < 1.29 is 19.1 Å². The number of rotatable bonds is 3. The molecule has 0 fully saturated rings. The third-order valence-electron chi connectivity index (χ3n) is 2.50. The van der Waals surface area contributed by atoms with Crippen molar-refractivity contribution in [3.63, 3.8) is 0 Å². The highest BCUT2D eigenvalue weighted by atomic mass is 79.9. The second-order valence-electron chi connectivity index (χ2n) is 3.57. The molecule has 2 atom stereocenters. The van der Waals surface area contributed by atoms with Gasteiger partial charge < -0.3 is 9.47 Å². The number of hydrogen-bond donors (Lipinski definition) is 0. The Hall–Kier alpha value is -1.36. The maximum atomic E-state index is 11.6. The second kappa shape index (κ2) is 4.87. The highest BCUT2D eigenvalue weighted by Crippen LogP contribution is 2.36. The van der Waals surface area contributed by atoms with E-state index in [1.807, 2.05) is 0 Å². The van der Waals surface area contributed by atoms with Crippen LogP contribution in [0.3, 0.4) is 0 Å². The minimum absolute atomic E-state index is 0.295. The molecule has 4 nitrogen and oxygen atoms in total. The molecule has 0 aromatic heterocycles. The van der Waals surface area contributed by atoms with Crippen molar-refractivity contribution in [1.82, 2.24) is 0 Å². The molecule has 2 rings (SSSR count). The summed E-state index contributed by atoms with van der Waals surface area (Å²) in [6.07, 6.45) is -0.613. The van der Waals surface area contributed by atoms with Gasteiger partial charge in [-0.3, -0.25) is 4.79 Å². The summed E-state index contributed by atoms with van der Waals surface area (Å²) in [5, 5.41) is 0. The Labute approximate surface area is 107 Å². The van der Waals surface area contributed by atoms with E-state index in [4.69, 9.17) is 9.47 Å². The van der Waals surface area contributed by atoms with Crippen LogP contribution in [0.5, 0.6) is 0 Å². The van der Waals surface area contributed by atoms with Gasteiger partial charge in [-0.2, -0.15) is 0 Å². The molecule has 17 heavy (non-hydrogen) atoms. The first-order valence-corrected chi connectivity index (χ1v) is 6.17. The van der Waals surface area contributed by atoms with Crippen molar-refractivity contribution in [3.05, 3.63) is 35.4 Å². The summed E-state index contributed by atoms with van der Waals surface area (Å²) >= 11 is 3.22. The fourth-order valence-electron chi connectivity index (χ4n) is 1.74. The van der Waals surface area contributed by atoms with E-state index in [0.717, 1.165) is 0 Å². The Bertz CT molecular complexity index is 458. The number of carbonyl (C=O) groups is 2. The SMILES string of the molecule is CCOC(=O)C(Br)C1OC(=O)c2ccccc21. The number of halogens is 1. The lowest BCUT2D eigenvalue weighted by atomic mass is 10.0. The molecule has 1 aliphatic rings. The van der Waals surface area contributed by atoms with Gasteiger partial charge in [0.25, 0.3) is 0 Å². The molecule has 1 heterocycles. The highest BCUT2D eigenvalue weighted by molar-refractivity contribution is 9.10. The van der Waals surface area contributed by atoms with E-state index >= 15 is 0 Å². The summed E-state index contributed by atoms with van der Waals surface area (Å²) in [5.41, 5.74) is 1.22. The molecule has 0 saturated heterocycles. The van der Waals surface area contributed by atoms with Gasteiger partial charge in [-0.15, -0.1) is 0 Å². The van der Waals surface area contributed by atoms with E-state index in [2.05, 4.69) is 15.9 Å². The number of ether oxygens (including phenoxy) is 2. The van der Waals surface area contributed by atoms with E-state index in [0.29, 0.717) is 17.7 Å². The van der Waals surface area contributed by atoms with Crippen LogP contribution in [0.1, 0.15) is 28.9 Å². The Morgan fingerprint density at radius 3 is 2.94 bits per heavy atom. The first kappa shape index (κ1) is 12.1. The molecular formula is C12H11BrO4. The van der Waals surface area contributed by atoms with Crippen molar-refractivity contribution in [2.75, 3.05) is 6.61 Å². The molecule has 1 aromatic rings. The monoisotopic (exact) mass is 298 g/mol. The van der Waals surface area contributed by atoms with Crippen LogP contribution < -0.4 is 0 Å². The second-order valence-corrected chi connectivity index (χ2v) is 4.55. The number of fused-ring (bicyclic) bond motifs is 1. The van der Waals surface area contributed by atoms with Crippen LogP contribution in [-0.4, -0.2) is 23.4 Å². The van der Waals surface area contributed by atoms with Crippen LogP contribution >= 0.6 is 15.9 Å². The summed E-state index contributed by atoms with van der Waals surface area (Å²) < 4.78 is 10.1. The zero-order chi connectivity index (χ0) is 12.4. The lowest BCUT2D eigenvalue weighted by Gasteiger charge is -2.15. The molecule has 0 amide bonds. The van der Waals surface area contributed by atoms with Gasteiger partial charge in [0.05, 0.1) is 12.2 Å². The molecular weight excluding hydrogens is 288 g/mol. The topological polar surface area (TPSA) is 52.6 Å². The molecule has 0 saturated carbocycles. The molecule has 0 bridgehead atoms. The number of carbonyl (C=O) groups excluding carboxylic acids is 2. The van der Waals surface area contributed by atoms with Crippen LogP contribution in [-0.2, 0) is 14.3 Å². The number of hydrogen-bond acceptors (Lipinski definition) is 4. The van der Waals surface area contributed by atoms with Crippen molar-refractivity contribution in [3.8, 4) is 0 Å². The molecule has 0 N–H and O–H groups in total. The van der Waals surface area contributed by atoms with Gasteiger partial charge in [-0.25, -0.2) is 4.79 Å². The summed E-state index contributed by atoms with van der Waals surface area (Å²) in [5.74, 6) is -0.832. The largest absolute Gasteiger partial charge is 0.465 e. The molecule has 90 valence electrons. The molecule has 0 aliphatic carbocycles. The van der Waals surface area contributed by atoms with Gasteiger partial charge >= 0.3 is 11.9 Å². The van der Waals surface area contributed by atoms with Crippen molar-refractivity contribution in [2.24, 2.45) is 0 Å². The Morgan fingerprint density at radius 2 is 2.24 bits per heavy atom. The quantitative estimate of drug-likeness (QED) is 0.634. The van der Waals surface area contributed by atoms with Crippen molar-refractivity contribution >= 4 is 27.9 Å². The molecule has 1 aliphatic heterocycles. The summed E-state index contributed by atoms with van der Waals surface area (Å²) in [6, 6.07) is 7.02. The normalized spacial score (nSPS) is 19.4. The van der Waals surface area contributed by atoms with E-state index in [1.54, 1.807) is 31.2 Å². The fraction of sp³-hybridized carbons (Fsp3) is 0.333. The number of alkyl halides is 1. The predicted octanol–water partition coefficient (Wildman–Crippen LogP) is 2.22. The standard InChI is InChI=1S/C12H11BrO4/c1-2-16-12(15)9(13)10-7-5-3-4-6-8(7)11(14)17-10/h3-6,9-10H,2H2,1H3. The van der Waals surface area contributed by atoms with Crippen LogP contribution in [0.15, 0.2) is 24.3 Å². The summed E-state index contributed by atoms with van der Waals surface area (Å²) in [4.78, 5) is 22.5. The van der Waals surface area contributed by atoms with Gasteiger partial charge in [0.15, 0.2) is 10.9 Å². The zero-order valence-corrected chi connectivity index (χ0v) is 10.8. The van der Waals surface area contributed by atoms with Crippen LogP contribution in [0.25, 0.3) is 0 Å². The highest BCUT2D eigenvalue weighted by Gasteiger charge is 2.39. The lowest BCUT2D eigenvalue weighted by molar-refractivity contribution is -0.144. The average molecular weight is 299 g/mol. The molecule has 5 heteroatoms. The van der Waals surface area contributed by atoms with E-state index in [1.165, 1.54) is 0 Å². The van der Waals surface area contributed by atoms with Crippen molar-refractivity contribution in [1.29, 1.82) is 0 Å². The molecule has 0 spiro atoms. The van der Waals surface area contributed by atoms with E-state index in [9.17, 15) is 9.59 Å². The minimum atomic E-state index is -0.671. The maximum absolute atomic E-state index is 11.6. The minimum Gasteiger partial charge on any atom is -0.465 e. The summed E-state index contributed by atoms with van der Waals surface area (Å²) in [6.45, 7) is 2.02. The third kappa shape index (κ3) is 2.20. The summed E-state index contributed by atoms with van der Waals surface area (Å²) in [7, 11) is 0. The first-order chi connectivity index (χ1) is 8.15. The zero-order valence-electron chi connectivity index (χ0n) is 9.18. The van der Waals surface area contributed by atoms with Gasteiger partial charge in [0.1, 0.15) is 0 Å². The molecule has 1 aromatic carbocycles. The van der Waals surface area contributed by atoms with Gasteiger partial charge in [-0.05, 0) is 13.0 Å². The molecule has 0 radical (unpaired) electrons. The number of esters is 2. The van der Waals surface area contributed by atoms with E-state index in [-0.39, 0.29) is 0 Å². The fourth-order valence-corrected chi connectivity index (χ4v) is 2.26. The lowest BCUT2D eigenvalue weighted by Crippen LogP contribution is -2.24. The van der Waals surface area contributed by atoms with Crippen LogP contribution in [0.4, 0.5) is 0 Å². The Balaban J connectivity index is 2.25. The number of benzene rings is 1. The Morgan fingerprint density at radius 1 is 1.53 bits per heavy atom.